The molecule has 144 valence electrons. The summed E-state index contributed by atoms with van der Waals surface area (Å²) in [5, 5.41) is 19.2. The molecule has 0 heterocycles. The van der Waals surface area contributed by atoms with Crippen LogP contribution < -0.4 is 14.2 Å². The minimum absolute atomic E-state index is 0.0335. The molecule has 0 unspecified atom stereocenters. The van der Waals surface area contributed by atoms with Crippen molar-refractivity contribution in [3.05, 3.63) is 34.4 Å². The monoisotopic (exact) mass is 364 g/mol. The molecule has 0 aliphatic heterocycles. The predicted octanol–water partition coefficient (Wildman–Crippen LogP) is 4.03. The normalized spacial score (nSPS) is 12.1. The van der Waals surface area contributed by atoms with E-state index >= 15 is 0 Å². The molecule has 1 aromatic rings. The standard InChI is InChI=1S/C20H28O6/c1-12(8-7-9-13(2)20(22)23)10-11-15-14(3)16(21)18(25-5)19(26-6)17(15)24-4/h9-10,21H,7-8,11H2,1-6H3,(H,22,23)/b12-10+,13-9-. The summed E-state index contributed by atoms with van der Waals surface area (Å²) in [5.41, 5.74) is 2.96. The largest absolute Gasteiger partial charge is 0.504 e. The number of allylic oxidation sites excluding steroid dienone is 3. The highest BCUT2D eigenvalue weighted by Crippen LogP contribution is 2.48. The first kappa shape index (κ1) is 21.4. The third kappa shape index (κ3) is 4.94. The van der Waals surface area contributed by atoms with Crippen molar-refractivity contribution in [2.24, 2.45) is 0 Å². The van der Waals surface area contributed by atoms with E-state index in [1.54, 1.807) is 27.0 Å². The van der Waals surface area contributed by atoms with Crippen LogP contribution in [-0.4, -0.2) is 37.5 Å². The van der Waals surface area contributed by atoms with Crippen molar-refractivity contribution in [2.75, 3.05) is 21.3 Å². The lowest BCUT2D eigenvalue weighted by molar-refractivity contribution is -0.132. The number of phenols is 1. The van der Waals surface area contributed by atoms with Crippen LogP contribution in [0.25, 0.3) is 0 Å². The van der Waals surface area contributed by atoms with Crippen LogP contribution in [0.15, 0.2) is 23.3 Å². The summed E-state index contributed by atoms with van der Waals surface area (Å²) >= 11 is 0. The highest BCUT2D eigenvalue weighted by atomic mass is 16.5. The number of methoxy groups -OCH3 is 3. The maximum atomic E-state index is 10.8. The molecule has 1 rings (SSSR count). The molecule has 26 heavy (non-hydrogen) atoms. The third-order valence-electron chi connectivity index (χ3n) is 4.30. The summed E-state index contributed by atoms with van der Waals surface area (Å²) in [6.07, 6.45) is 5.73. The average Bonchev–Trinajstić information content (AvgIpc) is 2.61. The number of aromatic hydroxyl groups is 1. The lowest BCUT2D eigenvalue weighted by Gasteiger charge is -2.19. The van der Waals surface area contributed by atoms with Gasteiger partial charge in [0.1, 0.15) is 0 Å². The highest BCUT2D eigenvalue weighted by Gasteiger charge is 2.23. The van der Waals surface area contributed by atoms with E-state index in [1.807, 2.05) is 13.0 Å². The molecule has 0 atom stereocenters. The fraction of sp³-hybridized carbons (Fsp3) is 0.450. The van der Waals surface area contributed by atoms with Gasteiger partial charge in [-0.1, -0.05) is 17.7 Å². The van der Waals surface area contributed by atoms with Crippen molar-refractivity contribution in [3.63, 3.8) is 0 Å². The lowest BCUT2D eigenvalue weighted by Crippen LogP contribution is -2.02. The zero-order chi connectivity index (χ0) is 19.9. The number of carboxylic acids is 1. The van der Waals surface area contributed by atoms with Gasteiger partial charge in [-0.05, 0) is 40.0 Å². The SMILES string of the molecule is COc1c(O)c(C)c(C/C=C(\C)CC/C=C(/C)C(=O)O)c(OC)c1OC. The van der Waals surface area contributed by atoms with Crippen LogP contribution in [-0.2, 0) is 11.2 Å². The quantitative estimate of drug-likeness (QED) is 0.508. The van der Waals surface area contributed by atoms with Gasteiger partial charge in [-0.3, -0.25) is 0 Å². The molecule has 0 aliphatic carbocycles. The molecule has 0 aromatic heterocycles. The molecule has 0 spiro atoms. The van der Waals surface area contributed by atoms with Crippen LogP contribution in [0.1, 0.15) is 37.8 Å². The van der Waals surface area contributed by atoms with Crippen LogP contribution in [0.4, 0.5) is 0 Å². The maximum absolute atomic E-state index is 10.8. The van der Waals surface area contributed by atoms with Crippen molar-refractivity contribution in [2.45, 2.75) is 40.0 Å². The fourth-order valence-electron chi connectivity index (χ4n) is 2.65. The molecular formula is C20H28O6. The summed E-state index contributed by atoms with van der Waals surface area (Å²) < 4.78 is 16.1. The second kappa shape index (κ2) is 9.75. The van der Waals surface area contributed by atoms with Crippen LogP contribution >= 0.6 is 0 Å². The summed E-state index contributed by atoms with van der Waals surface area (Å²) in [6, 6.07) is 0. The van der Waals surface area contributed by atoms with Gasteiger partial charge in [0, 0.05) is 16.7 Å². The number of aliphatic carboxylic acids is 1. The minimum atomic E-state index is -0.896. The summed E-state index contributed by atoms with van der Waals surface area (Å²) in [6.45, 7) is 5.38. The molecular weight excluding hydrogens is 336 g/mol. The number of ether oxygens (including phenoxy) is 3. The third-order valence-corrected chi connectivity index (χ3v) is 4.30. The Kier molecular flexibility index (Phi) is 8.03. The van der Waals surface area contributed by atoms with Gasteiger partial charge in [-0.2, -0.15) is 0 Å². The Morgan fingerprint density at radius 1 is 1.00 bits per heavy atom. The van der Waals surface area contributed by atoms with E-state index in [1.165, 1.54) is 14.2 Å². The first-order valence-electron chi connectivity index (χ1n) is 8.34. The minimum Gasteiger partial charge on any atom is -0.504 e. The molecule has 6 heteroatoms. The van der Waals surface area contributed by atoms with E-state index in [4.69, 9.17) is 19.3 Å². The lowest BCUT2D eigenvalue weighted by atomic mass is 9.99. The number of rotatable bonds is 9. The van der Waals surface area contributed by atoms with Gasteiger partial charge in [0.15, 0.2) is 11.5 Å². The van der Waals surface area contributed by atoms with Gasteiger partial charge in [0.05, 0.1) is 21.3 Å². The van der Waals surface area contributed by atoms with Gasteiger partial charge >= 0.3 is 5.97 Å². The van der Waals surface area contributed by atoms with Crippen molar-refractivity contribution in [1.29, 1.82) is 0 Å². The molecule has 0 amide bonds. The average molecular weight is 364 g/mol. The smallest absolute Gasteiger partial charge is 0.330 e. The van der Waals surface area contributed by atoms with E-state index in [0.717, 1.165) is 17.6 Å². The molecule has 1 aromatic carbocycles. The van der Waals surface area contributed by atoms with Crippen LogP contribution in [0.5, 0.6) is 23.0 Å². The fourth-order valence-corrected chi connectivity index (χ4v) is 2.65. The Hall–Kier alpha value is -2.63. The molecule has 0 radical (unpaired) electrons. The Morgan fingerprint density at radius 2 is 1.58 bits per heavy atom. The molecule has 0 saturated carbocycles. The van der Waals surface area contributed by atoms with Crippen LogP contribution in [0.2, 0.25) is 0 Å². The summed E-state index contributed by atoms with van der Waals surface area (Å²) in [5.74, 6) is 0.282. The van der Waals surface area contributed by atoms with Crippen LogP contribution in [0.3, 0.4) is 0 Å². The molecule has 0 saturated heterocycles. The second-order valence-corrected chi connectivity index (χ2v) is 6.04. The molecule has 2 N–H and O–H groups in total. The second-order valence-electron chi connectivity index (χ2n) is 6.04. The van der Waals surface area contributed by atoms with E-state index in [2.05, 4.69) is 0 Å². The van der Waals surface area contributed by atoms with E-state index in [-0.39, 0.29) is 11.5 Å². The van der Waals surface area contributed by atoms with Crippen molar-refractivity contribution in [3.8, 4) is 23.0 Å². The molecule has 0 bridgehead atoms. The Morgan fingerprint density at radius 3 is 2.08 bits per heavy atom. The van der Waals surface area contributed by atoms with E-state index < -0.39 is 5.97 Å². The van der Waals surface area contributed by atoms with Gasteiger partial charge in [0.25, 0.3) is 0 Å². The van der Waals surface area contributed by atoms with Gasteiger partial charge < -0.3 is 24.4 Å². The summed E-state index contributed by atoms with van der Waals surface area (Å²) in [4.78, 5) is 10.8. The number of phenolic OH excluding ortho intramolecular Hbond substituents is 1. The van der Waals surface area contributed by atoms with Gasteiger partial charge in [-0.15, -0.1) is 0 Å². The predicted molar refractivity (Wildman–Crippen MR) is 101 cm³/mol. The number of carboxylic acid groups (broad SMARTS) is 1. The number of carbonyl (C=O) groups is 1. The number of hydrogen-bond donors (Lipinski definition) is 2. The number of hydrogen-bond acceptors (Lipinski definition) is 5. The summed E-state index contributed by atoms with van der Waals surface area (Å²) in [7, 11) is 4.51. The van der Waals surface area contributed by atoms with Crippen molar-refractivity contribution < 1.29 is 29.2 Å². The highest BCUT2D eigenvalue weighted by molar-refractivity contribution is 5.85. The number of benzene rings is 1. The van der Waals surface area contributed by atoms with Crippen molar-refractivity contribution in [1.82, 2.24) is 0 Å². The van der Waals surface area contributed by atoms with E-state index in [9.17, 15) is 9.90 Å². The van der Waals surface area contributed by atoms with E-state index in [0.29, 0.717) is 35.5 Å². The van der Waals surface area contributed by atoms with Gasteiger partial charge in [-0.25, -0.2) is 4.79 Å². The zero-order valence-corrected chi connectivity index (χ0v) is 16.3. The van der Waals surface area contributed by atoms with Gasteiger partial charge in [0.2, 0.25) is 11.5 Å². The Balaban J connectivity index is 3.07. The van der Waals surface area contributed by atoms with Crippen molar-refractivity contribution >= 4 is 5.97 Å². The molecule has 6 nitrogen and oxygen atoms in total. The van der Waals surface area contributed by atoms with Crippen LogP contribution in [0, 0.1) is 6.92 Å². The molecule has 0 fully saturated rings. The topological polar surface area (TPSA) is 85.2 Å². The first-order valence-corrected chi connectivity index (χ1v) is 8.34. The first-order chi connectivity index (χ1) is 12.3. The Labute approximate surface area is 154 Å². The maximum Gasteiger partial charge on any atom is 0.330 e. The Bertz CT molecular complexity index is 716. The zero-order valence-electron chi connectivity index (χ0n) is 16.3. The molecule has 0 aliphatic rings.